The highest BCUT2D eigenvalue weighted by Crippen LogP contribution is 2.33. The molecule has 0 amide bonds. The molecule has 20 heavy (non-hydrogen) atoms. The smallest absolute Gasteiger partial charge is 0.146 e. The summed E-state index contributed by atoms with van der Waals surface area (Å²) < 4.78 is 27.6. The number of nitrogens with zero attached hydrogens (tertiary/aromatic N) is 1. The fourth-order valence-corrected chi connectivity index (χ4v) is 2.19. The minimum atomic E-state index is -0.339. The third-order valence-corrected chi connectivity index (χ3v) is 3.37. The molecule has 106 valence electrons. The minimum Gasteiger partial charge on any atom is -0.342 e. The number of para-hydroxylation sites is 1. The number of hydrogen-bond donors (Lipinski definition) is 1. The Bertz CT molecular complexity index is 624. The maximum atomic E-state index is 13.9. The molecule has 0 aromatic heterocycles. The molecule has 2 aromatic carbocycles. The molecule has 0 fully saturated rings. The van der Waals surface area contributed by atoms with Crippen molar-refractivity contribution in [1.82, 2.24) is 0 Å². The van der Waals surface area contributed by atoms with Crippen LogP contribution in [0.4, 0.5) is 20.2 Å². The molecular formula is C16H18F2N2. The van der Waals surface area contributed by atoms with Gasteiger partial charge in [-0.05, 0) is 49.2 Å². The van der Waals surface area contributed by atoms with Gasteiger partial charge in [-0.1, -0.05) is 12.1 Å². The van der Waals surface area contributed by atoms with Crippen LogP contribution in [0.1, 0.15) is 24.1 Å². The van der Waals surface area contributed by atoms with Crippen LogP contribution in [0.25, 0.3) is 0 Å². The SMILES string of the molecule is Cc1cc(N(C)c2ccccc2F)c([C@H](C)N)cc1F. The van der Waals surface area contributed by atoms with Crippen molar-refractivity contribution in [2.75, 3.05) is 11.9 Å². The van der Waals surface area contributed by atoms with Crippen LogP contribution < -0.4 is 10.6 Å². The summed E-state index contributed by atoms with van der Waals surface area (Å²) in [6.07, 6.45) is 0. The highest BCUT2D eigenvalue weighted by molar-refractivity contribution is 5.67. The van der Waals surface area contributed by atoms with E-state index in [2.05, 4.69) is 0 Å². The van der Waals surface area contributed by atoms with Gasteiger partial charge in [-0.25, -0.2) is 8.78 Å². The second-order valence-electron chi connectivity index (χ2n) is 4.96. The summed E-state index contributed by atoms with van der Waals surface area (Å²) >= 11 is 0. The van der Waals surface area contributed by atoms with E-state index in [1.807, 2.05) is 0 Å². The highest BCUT2D eigenvalue weighted by Gasteiger charge is 2.17. The monoisotopic (exact) mass is 276 g/mol. The van der Waals surface area contributed by atoms with E-state index in [4.69, 9.17) is 5.73 Å². The fraction of sp³-hybridized carbons (Fsp3) is 0.250. The molecule has 2 nitrogen and oxygen atoms in total. The normalized spacial score (nSPS) is 12.3. The van der Waals surface area contributed by atoms with Crippen LogP contribution in [-0.4, -0.2) is 7.05 Å². The van der Waals surface area contributed by atoms with Crippen molar-refractivity contribution >= 4 is 11.4 Å². The van der Waals surface area contributed by atoms with Crippen molar-refractivity contribution < 1.29 is 8.78 Å². The molecule has 2 aromatic rings. The first kappa shape index (κ1) is 14.5. The Morgan fingerprint density at radius 1 is 1.05 bits per heavy atom. The van der Waals surface area contributed by atoms with Gasteiger partial charge in [-0.2, -0.15) is 0 Å². The van der Waals surface area contributed by atoms with Crippen LogP contribution in [0.2, 0.25) is 0 Å². The van der Waals surface area contributed by atoms with E-state index in [-0.39, 0.29) is 17.7 Å². The Morgan fingerprint density at radius 2 is 1.70 bits per heavy atom. The number of halogens is 2. The Hall–Kier alpha value is -1.94. The first-order valence-corrected chi connectivity index (χ1v) is 6.45. The Labute approximate surface area is 117 Å². The molecule has 0 heterocycles. The van der Waals surface area contributed by atoms with Gasteiger partial charge in [0.1, 0.15) is 11.6 Å². The van der Waals surface area contributed by atoms with E-state index in [0.717, 1.165) is 0 Å². The van der Waals surface area contributed by atoms with E-state index >= 15 is 0 Å². The van der Waals surface area contributed by atoms with Gasteiger partial charge >= 0.3 is 0 Å². The first-order chi connectivity index (χ1) is 9.41. The molecule has 4 heteroatoms. The Balaban J connectivity index is 2.57. The molecule has 0 spiro atoms. The van der Waals surface area contributed by atoms with Gasteiger partial charge in [0.2, 0.25) is 0 Å². The number of benzene rings is 2. The first-order valence-electron chi connectivity index (χ1n) is 6.45. The number of hydrogen-bond acceptors (Lipinski definition) is 2. The van der Waals surface area contributed by atoms with Gasteiger partial charge in [-0.15, -0.1) is 0 Å². The zero-order valence-corrected chi connectivity index (χ0v) is 11.8. The van der Waals surface area contributed by atoms with Crippen LogP contribution in [0.3, 0.4) is 0 Å². The number of rotatable bonds is 3. The van der Waals surface area contributed by atoms with Crippen molar-refractivity contribution in [2.45, 2.75) is 19.9 Å². The van der Waals surface area contributed by atoms with E-state index in [1.54, 1.807) is 50.1 Å². The number of anilines is 2. The molecule has 0 saturated heterocycles. The molecule has 0 bridgehead atoms. The summed E-state index contributed by atoms with van der Waals surface area (Å²) in [6, 6.07) is 9.25. The van der Waals surface area contributed by atoms with Gasteiger partial charge in [0.25, 0.3) is 0 Å². The van der Waals surface area contributed by atoms with E-state index < -0.39 is 0 Å². The van der Waals surface area contributed by atoms with Gasteiger partial charge in [-0.3, -0.25) is 0 Å². The second-order valence-corrected chi connectivity index (χ2v) is 4.96. The van der Waals surface area contributed by atoms with E-state index in [1.165, 1.54) is 12.1 Å². The molecule has 0 aliphatic carbocycles. The molecule has 0 saturated carbocycles. The lowest BCUT2D eigenvalue weighted by molar-refractivity contribution is 0.612. The molecule has 0 radical (unpaired) electrons. The fourth-order valence-electron chi connectivity index (χ4n) is 2.19. The van der Waals surface area contributed by atoms with Crippen LogP contribution in [0, 0.1) is 18.6 Å². The zero-order valence-electron chi connectivity index (χ0n) is 11.8. The van der Waals surface area contributed by atoms with Crippen molar-refractivity contribution in [3.05, 3.63) is 59.2 Å². The summed E-state index contributed by atoms with van der Waals surface area (Å²) in [4.78, 5) is 1.69. The Morgan fingerprint density at radius 3 is 2.30 bits per heavy atom. The van der Waals surface area contributed by atoms with Crippen molar-refractivity contribution in [1.29, 1.82) is 0 Å². The summed E-state index contributed by atoms with van der Waals surface area (Å²) in [7, 11) is 1.75. The Kier molecular flexibility index (Phi) is 4.04. The molecule has 1 atom stereocenters. The maximum absolute atomic E-state index is 13.9. The summed E-state index contributed by atoms with van der Waals surface area (Å²) in [5.41, 5.74) is 8.20. The summed E-state index contributed by atoms with van der Waals surface area (Å²) in [5.74, 6) is -0.629. The zero-order chi connectivity index (χ0) is 14.9. The lowest BCUT2D eigenvalue weighted by Gasteiger charge is -2.25. The van der Waals surface area contributed by atoms with Crippen LogP contribution in [0.15, 0.2) is 36.4 Å². The van der Waals surface area contributed by atoms with Crippen molar-refractivity contribution in [3.63, 3.8) is 0 Å². The van der Waals surface area contributed by atoms with E-state index in [0.29, 0.717) is 22.5 Å². The lowest BCUT2D eigenvalue weighted by atomic mass is 10.0. The summed E-state index contributed by atoms with van der Waals surface area (Å²) in [5, 5.41) is 0. The van der Waals surface area contributed by atoms with Gasteiger partial charge in [0.05, 0.1) is 5.69 Å². The van der Waals surface area contributed by atoms with Gasteiger partial charge < -0.3 is 10.6 Å². The standard InChI is InChI=1S/C16H18F2N2/c1-10-8-16(12(11(2)19)9-14(10)18)20(3)15-7-5-4-6-13(15)17/h4-9,11H,19H2,1-3H3/t11-/m0/s1. The molecule has 2 N–H and O–H groups in total. The molecule has 0 unspecified atom stereocenters. The maximum Gasteiger partial charge on any atom is 0.146 e. The molecular weight excluding hydrogens is 258 g/mol. The minimum absolute atomic E-state index is 0.303. The van der Waals surface area contributed by atoms with Crippen LogP contribution in [0.5, 0.6) is 0 Å². The van der Waals surface area contributed by atoms with Gasteiger partial charge in [0.15, 0.2) is 0 Å². The third kappa shape index (κ3) is 2.65. The molecule has 0 aliphatic rings. The average Bonchev–Trinajstić information content (AvgIpc) is 2.41. The third-order valence-electron chi connectivity index (χ3n) is 3.37. The lowest BCUT2D eigenvalue weighted by Crippen LogP contribution is -2.17. The molecule has 0 aliphatic heterocycles. The van der Waals surface area contributed by atoms with Crippen LogP contribution >= 0.6 is 0 Å². The summed E-state index contributed by atoms with van der Waals surface area (Å²) in [6.45, 7) is 3.46. The number of nitrogens with two attached hydrogens (primary N) is 1. The quantitative estimate of drug-likeness (QED) is 0.916. The predicted molar refractivity (Wildman–Crippen MR) is 78.2 cm³/mol. The molecule has 2 rings (SSSR count). The predicted octanol–water partition coefficient (Wildman–Crippen LogP) is 4.06. The average molecular weight is 276 g/mol. The second kappa shape index (κ2) is 5.59. The largest absolute Gasteiger partial charge is 0.342 e. The van der Waals surface area contributed by atoms with Crippen molar-refractivity contribution in [3.8, 4) is 0 Å². The number of aryl methyl sites for hydroxylation is 1. The topological polar surface area (TPSA) is 29.3 Å². The van der Waals surface area contributed by atoms with Crippen LogP contribution in [-0.2, 0) is 0 Å². The van der Waals surface area contributed by atoms with Crippen molar-refractivity contribution in [2.24, 2.45) is 5.73 Å². The highest BCUT2D eigenvalue weighted by atomic mass is 19.1. The van der Waals surface area contributed by atoms with Gasteiger partial charge in [0, 0.05) is 18.8 Å². The van der Waals surface area contributed by atoms with E-state index in [9.17, 15) is 8.78 Å².